The number of rotatable bonds is 6. The monoisotopic (exact) mass is 396 g/mol. The maximum absolute atomic E-state index is 12.7. The molecule has 0 atom stereocenters. The first kappa shape index (κ1) is 19.4. The van der Waals surface area contributed by atoms with Crippen molar-refractivity contribution in [1.82, 2.24) is 15.0 Å². The van der Waals surface area contributed by atoms with Gasteiger partial charge in [-0.1, -0.05) is 0 Å². The number of nitrogens with zero attached hydrogens (tertiary/aromatic N) is 5. The Balaban J connectivity index is 1.45. The second-order valence-corrected chi connectivity index (χ2v) is 7.86. The molecule has 1 amide bonds. The quantitative estimate of drug-likeness (QED) is 0.803. The SMILES string of the molecule is CN(C)c1nc(N2CCCC2)ncc1NC(=O)c1ccc(OC2CCCC2)nc1. The summed E-state index contributed by atoms with van der Waals surface area (Å²) in [5.41, 5.74) is 1.05. The van der Waals surface area contributed by atoms with Crippen molar-refractivity contribution in [3.05, 3.63) is 30.1 Å². The highest BCUT2D eigenvalue weighted by Gasteiger charge is 2.20. The number of hydrogen-bond donors (Lipinski definition) is 1. The van der Waals surface area contributed by atoms with Crippen molar-refractivity contribution in [2.45, 2.75) is 44.6 Å². The summed E-state index contributed by atoms with van der Waals surface area (Å²) < 4.78 is 5.87. The number of carbonyl (C=O) groups is 1. The van der Waals surface area contributed by atoms with Crippen molar-refractivity contribution in [3.8, 4) is 5.88 Å². The fourth-order valence-corrected chi connectivity index (χ4v) is 3.82. The van der Waals surface area contributed by atoms with Gasteiger partial charge in [0.2, 0.25) is 11.8 Å². The average molecular weight is 396 g/mol. The van der Waals surface area contributed by atoms with Gasteiger partial charge < -0.3 is 19.9 Å². The van der Waals surface area contributed by atoms with Crippen LogP contribution in [0.5, 0.6) is 5.88 Å². The van der Waals surface area contributed by atoms with E-state index in [4.69, 9.17) is 4.74 Å². The van der Waals surface area contributed by atoms with Gasteiger partial charge in [-0.25, -0.2) is 9.97 Å². The molecule has 0 unspecified atom stereocenters. The van der Waals surface area contributed by atoms with Crippen LogP contribution in [0, 0.1) is 0 Å². The lowest BCUT2D eigenvalue weighted by Crippen LogP contribution is -2.24. The summed E-state index contributed by atoms with van der Waals surface area (Å²) >= 11 is 0. The topological polar surface area (TPSA) is 83.5 Å². The van der Waals surface area contributed by atoms with Crippen LogP contribution in [0.4, 0.5) is 17.5 Å². The highest BCUT2D eigenvalue weighted by Crippen LogP contribution is 2.26. The molecular formula is C21H28N6O2. The van der Waals surface area contributed by atoms with E-state index in [1.165, 1.54) is 12.8 Å². The molecule has 8 heteroatoms. The third kappa shape index (κ3) is 4.58. The van der Waals surface area contributed by atoms with Gasteiger partial charge in [-0.15, -0.1) is 0 Å². The van der Waals surface area contributed by atoms with Crippen LogP contribution >= 0.6 is 0 Å². The standard InChI is InChI=1S/C21H28N6O2/c1-26(2)19-17(14-23-21(25-19)27-11-5-6-12-27)24-20(28)15-9-10-18(22-13-15)29-16-7-3-4-8-16/h9-10,13-14,16H,3-8,11-12H2,1-2H3,(H,24,28). The molecular weight excluding hydrogens is 368 g/mol. The van der Waals surface area contributed by atoms with Gasteiger partial charge in [-0.05, 0) is 44.6 Å². The average Bonchev–Trinajstić information content (AvgIpc) is 3.43. The minimum atomic E-state index is -0.245. The number of ether oxygens (including phenoxy) is 1. The zero-order chi connectivity index (χ0) is 20.2. The molecule has 29 heavy (non-hydrogen) atoms. The van der Waals surface area contributed by atoms with E-state index >= 15 is 0 Å². The van der Waals surface area contributed by atoms with Gasteiger partial charge in [0.15, 0.2) is 5.82 Å². The van der Waals surface area contributed by atoms with Crippen LogP contribution in [-0.2, 0) is 0 Å². The fraction of sp³-hybridized carbons (Fsp3) is 0.524. The Kier molecular flexibility index (Phi) is 5.78. The molecule has 2 aliphatic rings. The Bertz CT molecular complexity index is 843. The number of hydrogen-bond acceptors (Lipinski definition) is 7. The molecule has 154 valence electrons. The van der Waals surface area contributed by atoms with E-state index in [0.717, 1.165) is 38.8 Å². The Hall–Kier alpha value is -2.90. The van der Waals surface area contributed by atoms with Crippen LogP contribution < -0.4 is 19.9 Å². The second-order valence-electron chi connectivity index (χ2n) is 7.86. The zero-order valence-electron chi connectivity index (χ0n) is 17.1. The van der Waals surface area contributed by atoms with Crippen molar-refractivity contribution in [2.24, 2.45) is 0 Å². The summed E-state index contributed by atoms with van der Waals surface area (Å²) in [6.45, 7) is 1.94. The number of nitrogens with one attached hydrogen (secondary N) is 1. The summed E-state index contributed by atoms with van der Waals surface area (Å²) in [6.07, 6.45) is 10.4. The zero-order valence-corrected chi connectivity index (χ0v) is 17.1. The summed E-state index contributed by atoms with van der Waals surface area (Å²) in [4.78, 5) is 30.2. The molecule has 0 radical (unpaired) electrons. The normalized spacial score (nSPS) is 16.8. The van der Waals surface area contributed by atoms with Gasteiger partial charge in [0.25, 0.3) is 5.91 Å². The largest absolute Gasteiger partial charge is 0.474 e. The molecule has 8 nitrogen and oxygen atoms in total. The molecule has 2 fully saturated rings. The van der Waals surface area contributed by atoms with Crippen LogP contribution in [0.2, 0.25) is 0 Å². The van der Waals surface area contributed by atoms with Crippen LogP contribution in [-0.4, -0.2) is 54.1 Å². The Morgan fingerprint density at radius 3 is 2.52 bits per heavy atom. The van der Waals surface area contributed by atoms with Crippen molar-refractivity contribution in [2.75, 3.05) is 42.3 Å². The second kappa shape index (κ2) is 8.63. The number of anilines is 3. The van der Waals surface area contributed by atoms with Crippen LogP contribution in [0.3, 0.4) is 0 Å². The lowest BCUT2D eigenvalue weighted by Gasteiger charge is -2.21. The van der Waals surface area contributed by atoms with Gasteiger partial charge in [0, 0.05) is 39.4 Å². The van der Waals surface area contributed by atoms with E-state index in [9.17, 15) is 4.79 Å². The van der Waals surface area contributed by atoms with Crippen molar-refractivity contribution in [1.29, 1.82) is 0 Å². The first-order valence-electron chi connectivity index (χ1n) is 10.3. The number of carbonyl (C=O) groups excluding carboxylic acids is 1. The smallest absolute Gasteiger partial charge is 0.257 e. The number of aromatic nitrogens is 3. The molecule has 1 N–H and O–H groups in total. The molecule has 2 aromatic rings. The summed E-state index contributed by atoms with van der Waals surface area (Å²) in [5.74, 6) is 1.72. The Morgan fingerprint density at radius 2 is 1.86 bits per heavy atom. The van der Waals surface area contributed by atoms with E-state index in [2.05, 4.69) is 25.2 Å². The fourth-order valence-electron chi connectivity index (χ4n) is 3.82. The third-order valence-electron chi connectivity index (χ3n) is 5.40. The van der Waals surface area contributed by atoms with E-state index in [0.29, 0.717) is 28.9 Å². The van der Waals surface area contributed by atoms with Gasteiger partial charge in [-0.3, -0.25) is 4.79 Å². The van der Waals surface area contributed by atoms with Crippen molar-refractivity contribution < 1.29 is 9.53 Å². The molecule has 0 bridgehead atoms. The van der Waals surface area contributed by atoms with E-state index in [-0.39, 0.29) is 12.0 Å². The molecule has 1 aliphatic carbocycles. The minimum Gasteiger partial charge on any atom is -0.474 e. The van der Waals surface area contributed by atoms with Gasteiger partial charge in [0.05, 0.1) is 11.8 Å². The lowest BCUT2D eigenvalue weighted by atomic mass is 10.2. The molecule has 0 spiro atoms. The minimum absolute atomic E-state index is 0.245. The van der Waals surface area contributed by atoms with Crippen molar-refractivity contribution >= 4 is 23.4 Å². The van der Waals surface area contributed by atoms with Crippen molar-refractivity contribution in [3.63, 3.8) is 0 Å². The van der Waals surface area contributed by atoms with E-state index in [1.807, 2.05) is 19.0 Å². The third-order valence-corrected chi connectivity index (χ3v) is 5.40. The van der Waals surface area contributed by atoms with E-state index in [1.54, 1.807) is 24.5 Å². The maximum atomic E-state index is 12.7. The van der Waals surface area contributed by atoms with Crippen LogP contribution in [0.1, 0.15) is 48.9 Å². The molecule has 3 heterocycles. The first-order valence-corrected chi connectivity index (χ1v) is 10.3. The summed E-state index contributed by atoms with van der Waals surface area (Å²) in [7, 11) is 3.81. The van der Waals surface area contributed by atoms with E-state index < -0.39 is 0 Å². The highest BCUT2D eigenvalue weighted by molar-refractivity contribution is 6.05. The molecule has 1 saturated heterocycles. The number of pyridine rings is 1. The molecule has 4 rings (SSSR count). The van der Waals surface area contributed by atoms with Crippen LogP contribution in [0.15, 0.2) is 24.5 Å². The van der Waals surface area contributed by atoms with Gasteiger partial charge in [-0.2, -0.15) is 4.98 Å². The predicted molar refractivity (Wildman–Crippen MR) is 113 cm³/mol. The summed E-state index contributed by atoms with van der Waals surface area (Å²) in [6, 6.07) is 3.49. The molecule has 1 saturated carbocycles. The Morgan fingerprint density at radius 1 is 1.10 bits per heavy atom. The molecule has 0 aromatic carbocycles. The summed E-state index contributed by atoms with van der Waals surface area (Å²) in [5, 5.41) is 2.91. The predicted octanol–water partition coefficient (Wildman–Crippen LogP) is 3.11. The van der Waals surface area contributed by atoms with Gasteiger partial charge in [0.1, 0.15) is 11.8 Å². The lowest BCUT2D eigenvalue weighted by molar-refractivity contribution is 0.102. The first-order chi connectivity index (χ1) is 14.1. The highest BCUT2D eigenvalue weighted by atomic mass is 16.5. The number of amides is 1. The van der Waals surface area contributed by atoms with Crippen LogP contribution in [0.25, 0.3) is 0 Å². The Labute approximate surface area is 171 Å². The molecule has 2 aromatic heterocycles. The maximum Gasteiger partial charge on any atom is 0.257 e. The van der Waals surface area contributed by atoms with Gasteiger partial charge >= 0.3 is 0 Å². The molecule has 1 aliphatic heterocycles.